The zero-order chi connectivity index (χ0) is 21.6. The molecular weight excluding hydrogens is 396 g/mol. The van der Waals surface area contributed by atoms with Crippen LogP contribution in [-0.2, 0) is 0 Å². The Morgan fingerprint density at radius 2 is 1.55 bits per heavy atom. The van der Waals surface area contributed by atoms with Crippen LogP contribution < -0.4 is 24.7 Å². The van der Waals surface area contributed by atoms with Crippen LogP contribution >= 0.6 is 0 Å². The number of ether oxygens (including phenoxy) is 4. The van der Waals surface area contributed by atoms with Gasteiger partial charge in [0, 0.05) is 5.56 Å². The summed E-state index contributed by atoms with van der Waals surface area (Å²) in [5, 5.41) is 0. The van der Waals surface area contributed by atoms with Gasteiger partial charge in [-0.1, -0.05) is 18.2 Å². The van der Waals surface area contributed by atoms with Crippen molar-refractivity contribution in [2.75, 3.05) is 33.2 Å². The summed E-state index contributed by atoms with van der Waals surface area (Å²) >= 11 is 0. The lowest BCUT2D eigenvalue weighted by Crippen LogP contribution is -2.11. The molecule has 0 saturated heterocycles. The Kier molecular flexibility index (Phi) is 5.98. The summed E-state index contributed by atoms with van der Waals surface area (Å²) in [6, 6.07) is 18.8. The molecule has 0 bridgehead atoms. The molecule has 0 fully saturated rings. The zero-order valence-corrected chi connectivity index (χ0v) is 17.2. The molecule has 0 aliphatic heterocycles. The van der Waals surface area contributed by atoms with Gasteiger partial charge in [-0.2, -0.15) is 4.98 Å². The third-order valence-corrected chi connectivity index (χ3v) is 4.54. The fraction of sp³-hybridized carbons (Fsp3) is 0.174. The summed E-state index contributed by atoms with van der Waals surface area (Å²) in [6.07, 6.45) is 0. The number of benzene rings is 2. The Morgan fingerprint density at radius 1 is 0.774 bits per heavy atom. The van der Waals surface area contributed by atoms with Crippen molar-refractivity contribution in [2.24, 2.45) is 0 Å². The molecule has 0 saturated carbocycles. The molecule has 2 aromatic heterocycles. The monoisotopic (exact) mass is 418 g/mol. The lowest BCUT2D eigenvalue weighted by Gasteiger charge is -2.12. The van der Waals surface area contributed by atoms with E-state index in [-0.39, 0.29) is 12.6 Å². The van der Waals surface area contributed by atoms with Crippen molar-refractivity contribution < 1.29 is 18.9 Å². The summed E-state index contributed by atoms with van der Waals surface area (Å²) in [4.78, 5) is 13.2. The molecule has 2 heterocycles. The first-order valence-electron chi connectivity index (χ1n) is 9.65. The second-order valence-corrected chi connectivity index (χ2v) is 6.53. The van der Waals surface area contributed by atoms with Crippen LogP contribution in [0.2, 0.25) is 0 Å². The first-order valence-corrected chi connectivity index (χ1v) is 9.65. The fourth-order valence-electron chi connectivity index (χ4n) is 3.08. The van der Waals surface area contributed by atoms with E-state index in [1.165, 1.54) is 0 Å². The van der Waals surface area contributed by atoms with E-state index in [9.17, 15) is 0 Å². The number of nitrogen functional groups attached to an aromatic ring is 1. The third-order valence-electron chi connectivity index (χ3n) is 4.54. The molecule has 31 heavy (non-hydrogen) atoms. The van der Waals surface area contributed by atoms with E-state index >= 15 is 0 Å². The van der Waals surface area contributed by atoms with Crippen LogP contribution in [0.4, 0.5) is 5.95 Å². The summed E-state index contributed by atoms with van der Waals surface area (Å²) in [5.74, 6) is 2.45. The molecule has 0 unspecified atom stereocenters. The lowest BCUT2D eigenvalue weighted by atomic mass is 10.1. The minimum Gasteiger partial charge on any atom is -0.493 e. The predicted molar refractivity (Wildman–Crippen MR) is 118 cm³/mol. The van der Waals surface area contributed by atoms with E-state index in [1.807, 2.05) is 60.7 Å². The van der Waals surface area contributed by atoms with Crippen LogP contribution in [0.3, 0.4) is 0 Å². The Balaban J connectivity index is 1.59. The van der Waals surface area contributed by atoms with Gasteiger partial charge in [-0.15, -0.1) is 0 Å². The molecule has 0 aliphatic carbocycles. The van der Waals surface area contributed by atoms with Gasteiger partial charge in [-0.3, -0.25) is 0 Å². The van der Waals surface area contributed by atoms with Gasteiger partial charge in [0.05, 0.1) is 25.4 Å². The molecule has 2 aromatic carbocycles. The summed E-state index contributed by atoms with van der Waals surface area (Å²) in [6.45, 7) is 0.632. The number of fused-ring (bicyclic) bond motifs is 1. The second kappa shape index (κ2) is 9.17. The molecule has 8 nitrogen and oxygen atoms in total. The zero-order valence-electron chi connectivity index (χ0n) is 17.2. The van der Waals surface area contributed by atoms with Gasteiger partial charge < -0.3 is 24.7 Å². The summed E-state index contributed by atoms with van der Waals surface area (Å²) < 4.78 is 22.2. The first kappa shape index (κ1) is 20.2. The molecule has 2 N–H and O–H groups in total. The molecule has 158 valence electrons. The van der Waals surface area contributed by atoms with Crippen molar-refractivity contribution in [3.63, 3.8) is 0 Å². The molecule has 0 amide bonds. The summed E-state index contributed by atoms with van der Waals surface area (Å²) in [5.41, 5.74) is 8.53. The summed E-state index contributed by atoms with van der Waals surface area (Å²) in [7, 11) is 3.19. The van der Waals surface area contributed by atoms with Crippen molar-refractivity contribution >= 4 is 17.0 Å². The van der Waals surface area contributed by atoms with Crippen LogP contribution in [0.15, 0.2) is 60.7 Å². The molecule has 0 radical (unpaired) electrons. The number of hydrogen-bond acceptors (Lipinski definition) is 8. The Morgan fingerprint density at radius 3 is 2.32 bits per heavy atom. The van der Waals surface area contributed by atoms with Crippen molar-refractivity contribution in [3.05, 3.63) is 60.7 Å². The van der Waals surface area contributed by atoms with Crippen LogP contribution in [-0.4, -0.2) is 42.4 Å². The van der Waals surface area contributed by atoms with Crippen molar-refractivity contribution in [3.8, 4) is 34.4 Å². The maximum atomic E-state index is 5.85. The number of methoxy groups -OCH3 is 2. The largest absolute Gasteiger partial charge is 0.493 e. The topological polar surface area (TPSA) is 102 Å². The van der Waals surface area contributed by atoms with Crippen LogP contribution in [0.25, 0.3) is 22.3 Å². The van der Waals surface area contributed by atoms with Crippen LogP contribution in [0.5, 0.6) is 23.1 Å². The Hall–Kier alpha value is -4.07. The average molecular weight is 418 g/mol. The molecule has 0 atom stereocenters. The number of nitrogens with two attached hydrogens (primary N) is 1. The molecule has 4 aromatic rings. The number of nitrogens with zero attached hydrogens (tertiary/aromatic N) is 3. The standard InChI is InChI=1S/C23H22N4O4/c1-28-19-11-8-15(14-20(19)29-2)17-9-10-18-21(25-17)22(27-23(24)26-18)31-13-12-30-16-6-4-3-5-7-16/h3-11,14H,12-13H2,1-2H3,(H2,24,26,27). The van der Waals surface area contributed by atoms with Gasteiger partial charge in [0.1, 0.15) is 19.0 Å². The van der Waals surface area contributed by atoms with E-state index in [4.69, 9.17) is 29.7 Å². The molecule has 0 spiro atoms. The molecular formula is C23H22N4O4. The molecule has 0 aliphatic rings. The SMILES string of the molecule is COc1ccc(-c2ccc3nc(N)nc(OCCOc4ccccc4)c3n2)cc1OC. The maximum Gasteiger partial charge on any atom is 0.245 e. The highest BCUT2D eigenvalue weighted by Crippen LogP contribution is 2.33. The lowest BCUT2D eigenvalue weighted by molar-refractivity contribution is 0.213. The number of rotatable bonds is 8. The van der Waals surface area contributed by atoms with Crippen molar-refractivity contribution in [2.45, 2.75) is 0 Å². The normalized spacial score (nSPS) is 10.6. The van der Waals surface area contributed by atoms with Crippen LogP contribution in [0.1, 0.15) is 0 Å². The minimum atomic E-state index is 0.118. The predicted octanol–water partition coefficient (Wildman–Crippen LogP) is 3.75. The number of pyridine rings is 1. The Bertz CT molecular complexity index is 1190. The third kappa shape index (κ3) is 4.58. The Labute approximate surface area is 179 Å². The van der Waals surface area contributed by atoms with E-state index < -0.39 is 0 Å². The first-order chi connectivity index (χ1) is 15.2. The molecule has 8 heteroatoms. The van der Waals surface area contributed by atoms with Gasteiger partial charge in [0.15, 0.2) is 17.0 Å². The highest BCUT2D eigenvalue weighted by Gasteiger charge is 2.13. The van der Waals surface area contributed by atoms with E-state index in [2.05, 4.69) is 9.97 Å². The second-order valence-electron chi connectivity index (χ2n) is 6.53. The fourth-order valence-corrected chi connectivity index (χ4v) is 3.08. The number of anilines is 1. The highest BCUT2D eigenvalue weighted by atomic mass is 16.5. The molecule has 4 rings (SSSR count). The highest BCUT2D eigenvalue weighted by molar-refractivity contribution is 5.83. The van der Waals surface area contributed by atoms with Crippen molar-refractivity contribution in [1.29, 1.82) is 0 Å². The van der Waals surface area contributed by atoms with E-state index in [0.717, 1.165) is 11.3 Å². The quantitative estimate of drug-likeness (QED) is 0.432. The maximum absolute atomic E-state index is 5.85. The number of aromatic nitrogens is 3. The minimum absolute atomic E-state index is 0.118. The van der Waals surface area contributed by atoms with Crippen LogP contribution in [0, 0.1) is 0 Å². The van der Waals surface area contributed by atoms with Gasteiger partial charge in [-0.25, -0.2) is 9.97 Å². The van der Waals surface area contributed by atoms with Gasteiger partial charge >= 0.3 is 0 Å². The van der Waals surface area contributed by atoms with Gasteiger partial charge in [0.2, 0.25) is 11.8 Å². The van der Waals surface area contributed by atoms with Crippen molar-refractivity contribution in [1.82, 2.24) is 15.0 Å². The number of para-hydroxylation sites is 1. The smallest absolute Gasteiger partial charge is 0.245 e. The number of hydrogen-bond donors (Lipinski definition) is 1. The average Bonchev–Trinajstić information content (AvgIpc) is 2.81. The van der Waals surface area contributed by atoms with E-state index in [1.54, 1.807) is 14.2 Å². The van der Waals surface area contributed by atoms with Gasteiger partial charge in [0.25, 0.3) is 0 Å². The van der Waals surface area contributed by atoms with E-state index in [0.29, 0.717) is 40.7 Å². The van der Waals surface area contributed by atoms with Gasteiger partial charge in [-0.05, 0) is 42.5 Å².